The number of fused-ring (bicyclic) bond motifs is 1. The molecule has 9 heteroatoms. The maximum atomic E-state index is 12.4. The highest BCUT2D eigenvalue weighted by molar-refractivity contribution is 5.98. The number of hydrogen-bond donors (Lipinski definition) is 1. The molecule has 0 radical (unpaired) electrons. The van der Waals surface area contributed by atoms with Crippen LogP contribution in [-0.4, -0.2) is 48.6 Å². The maximum Gasteiger partial charge on any atom is 0.280 e. The van der Waals surface area contributed by atoms with E-state index in [0.29, 0.717) is 5.69 Å². The lowest BCUT2D eigenvalue weighted by molar-refractivity contribution is 0.0642. The van der Waals surface area contributed by atoms with Crippen molar-refractivity contribution in [1.82, 2.24) is 29.6 Å². The lowest BCUT2D eigenvalue weighted by atomic mass is 10.2. The third-order valence-electron chi connectivity index (χ3n) is 4.94. The van der Waals surface area contributed by atoms with Crippen LogP contribution in [0.2, 0.25) is 0 Å². The van der Waals surface area contributed by atoms with Crippen molar-refractivity contribution in [2.24, 2.45) is 7.05 Å². The van der Waals surface area contributed by atoms with Gasteiger partial charge in [0.1, 0.15) is 17.0 Å². The second kappa shape index (κ2) is 8.40. The van der Waals surface area contributed by atoms with Crippen molar-refractivity contribution in [2.45, 2.75) is 12.8 Å². The van der Waals surface area contributed by atoms with Crippen LogP contribution in [0, 0.1) is 0 Å². The first-order valence-electron chi connectivity index (χ1n) is 9.48. The fourth-order valence-electron chi connectivity index (χ4n) is 3.14. The summed E-state index contributed by atoms with van der Waals surface area (Å²) >= 11 is 0. The molecular weight excluding hydrogens is 390 g/mol. The minimum atomic E-state index is -2.45. The van der Waals surface area contributed by atoms with Gasteiger partial charge in [0, 0.05) is 43.5 Å². The largest absolute Gasteiger partial charge is 0.337 e. The molecule has 0 bridgehead atoms. The van der Waals surface area contributed by atoms with Gasteiger partial charge in [-0.15, -0.1) is 0 Å². The lowest BCUT2D eigenvalue weighted by Gasteiger charge is -2.30. The van der Waals surface area contributed by atoms with Crippen LogP contribution >= 0.6 is 0 Å². The first-order valence-corrected chi connectivity index (χ1v) is 9.48. The molecule has 0 saturated carbocycles. The van der Waals surface area contributed by atoms with E-state index in [1.165, 1.54) is 18.3 Å². The van der Waals surface area contributed by atoms with Gasteiger partial charge in [0.2, 0.25) is 0 Å². The van der Waals surface area contributed by atoms with Gasteiger partial charge in [0.25, 0.3) is 12.3 Å². The monoisotopic (exact) mass is 410 g/mol. The van der Waals surface area contributed by atoms with Crippen molar-refractivity contribution in [3.63, 3.8) is 0 Å². The Hall–Kier alpha value is -3.62. The Bertz CT molecular complexity index is 1140. The van der Waals surface area contributed by atoms with Gasteiger partial charge in [-0.1, -0.05) is 6.07 Å². The highest BCUT2D eigenvalue weighted by atomic mass is 19.3. The number of carbonyl (C=O) groups excluding carboxylic acids is 1. The standard InChI is InChI=1S/C15H15N5O.C6H5F2N/c1-19-13(15(21)20-5-2-6-20)7-10-3-4-12(18-14(10)19)11-8-16-17-9-11;7-6(8)5-3-1-2-4-9-5/h3-4,7-9H,2,5-6H2,1H3,(H,16,17);1-4,6H. The van der Waals surface area contributed by atoms with E-state index in [9.17, 15) is 13.6 Å². The number of nitrogens with zero attached hydrogens (tertiary/aromatic N) is 5. The molecule has 30 heavy (non-hydrogen) atoms. The summed E-state index contributed by atoms with van der Waals surface area (Å²) in [5, 5.41) is 7.71. The molecule has 154 valence electrons. The highest BCUT2D eigenvalue weighted by Gasteiger charge is 2.24. The number of aromatic amines is 1. The number of nitrogens with one attached hydrogen (secondary N) is 1. The van der Waals surface area contributed by atoms with Gasteiger partial charge in [-0.2, -0.15) is 5.10 Å². The molecular formula is C21H20F2N6O. The Morgan fingerprint density at radius 2 is 2.03 bits per heavy atom. The van der Waals surface area contributed by atoms with Gasteiger partial charge in [-0.3, -0.25) is 14.9 Å². The minimum absolute atomic E-state index is 0.0895. The number of alkyl halides is 2. The number of likely N-dealkylation sites (tertiary alicyclic amines) is 1. The predicted octanol–water partition coefficient (Wildman–Crippen LogP) is 3.83. The van der Waals surface area contributed by atoms with Gasteiger partial charge in [-0.05, 0) is 36.8 Å². The molecule has 5 rings (SSSR count). The number of hydrogen-bond acceptors (Lipinski definition) is 4. The molecule has 0 spiro atoms. The van der Waals surface area contributed by atoms with E-state index in [0.717, 1.165) is 41.8 Å². The van der Waals surface area contributed by atoms with E-state index in [4.69, 9.17) is 0 Å². The SMILES string of the molecule is Cn1c(C(=O)N2CCC2)cc2ccc(-c3cn[nH]c3)nc21.FC(F)c1ccccn1. The number of aromatic nitrogens is 5. The lowest BCUT2D eigenvalue weighted by Crippen LogP contribution is -2.42. The molecule has 1 amide bonds. The fourth-order valence-corrected chi connectivity index (χ4v) is 3.14. The quantitative estimate of drug-likeness (QED) is 0.557. The fraction of sp³-hybridized carbons (Fsp3) is 0.238. The Morgan fingerprint density at radius 1 is 1.20 bits per heavy atom. The van der Waals surface area contributed by atoms with Crippen LogP contribution in [0.3, 0.4) is 0 Å². The zero-order valence-electron chi connectivity index (χ0n) is 16.3. The van der Waals surface area contributed by atoms with Gasteiger partial charge in [0.05, 0.1) is 11.9 Å². The van der Waals surface area contributed by atoms with Crippen LogP contribution < -0.4 is 0 Å². The highest BCUT2D eigenvalue weighted by Crippen LogP contribution is 2.24. The summed E-state index contributed by atoms with van der Waals surface area (Å²) in [5.74, 6) is 0.0895. The van der Waals surface area contributed by atoms with E-state index in [2.05, 4.69) is 20.2 Å². The summed E-state index contributed by atoms with van der Waals surface area (Å²) in [6.07, 6.45) is 3.54. The molecule has 5 heterocycles. The van der Waals surface area contributed by atoms with Crippen molar-refractivity contribution >= 4 is 16.9 Å². The summed E-state index contributed by atoms with van der Waals surface area (Å²) in [5.41, 5.74) is 3.13. The van der Waals surface area contributed by atoms with Gasteiger partial charge in [0.15, 0.2) is 0 Å². The second-order valence-corrected chi connectivity index (χ2v) is 6.89. The van der Waals surface area contributed by atoms with E-state index >= 15 is 0 Å². The molecule has 1 saturated heterocycles. The first-order chi connectivity index (χ1) is 14.5. The number of aryl methyl sites for hydroxylation is 1. The van der Waals surface area contributed by atoms with E-state index in [1.807, 2.05) is 40.9 Å². The summed E-state index contributed by atoms with van der Waals surface area (Å²) < 4.78 is 25.3. The number of halogens is 2. The molecule has 1 N–H and O–H groups in total. The van der Waals surface area contributed by atoms with Crippen molar-refractivity contribution < 1.29 is 13.6 Å². The molecule has 7 nitrogen and oxygen atoms in total. The Balaban J connectivity index is 0.000000204. The topological polar surface area (TPSA) is 79.7 Å². The van der Waals surface area contributed by atoms with E-state index in [1.54, 1.807) is 12.3 Å². The summed E-state index contributed by atoms with van der Waals surface area (Å²) in [6, 6.07) is 10.3. The third-order valence-corrected chi connectivity index (χ3v) is 4.94. The average molecular weight is 410 g/mol. The van der Waals surface area contributed by atoms with Crippen molar-refractivity contribution in [3.8, 4) is 11.3 Å². The van der Waals surface area contributed by atoms with Crippen molar-refractivity contribution in [2.75, 3.05) is 13.1 Å². The van der Waals surface area contributed by atoms with Gasteiger partial charge in [-0.25, -0.2) is 13.8 Å². The predicted molar refractivity (Wildman–Crippen MR) is 108 cm³/mol. The molecule has 0 atom stereocenters. The van der Waals surface area contributed by atoms with E-state index in [-0.39, 0.29) is 11.6 Å². The number of amides is 1. The van der Waals surface area contributed by atoms with Crippen molar-refractivity contribution in [1.29, 1.82) is 0 Å². The molecule has 1 aliphatic heterocycles. The molecule has 0 aromatic carbocycles. The van der Waals surface area contributed by atoms with Crippen LogP contribution in [0.25, 0.3) is 22.3 Å². The molecule has 1 fully saturated rings. The van der Waals surface area contributed by atoms with E-state index < -0.39 is 6.43 Å². The molecule has 4 aromatic rings. The molecule has 0 unspecified atom stereocenters. The number of pyridine rings is 2. The number of H-pyrrole nitrogens is 1. The molecule has 4 aromatic heterocycles. The normalized spacial score (nSPS) is 13.1. The summed E-state index contributed by atoms with van der Waals surface area (Å²) in [6.45, 7) is 1.71. The zero-order valence-corrected chi connectivity index (χ0v) is 16.3. The minimum Gasteiger partial charge on any atom is -0.337 e. The van der Waals surface area contributed by atoms with Crippen LogP contribution in [0.15, 0.2) is 55.0 Å². The van der Waals surface area contributed by atoms with Crippen LogP contribution in [0.5, 0.6) is 0 Å². The average Bonchev–Trinajstić information content (AvgIpc) is 3.36. The zero-order chi connectivity index (χ0) is 21.1. The summed E-state index contributed by atoms with van der Waals surface area (Å²) in [7, 11) is 1.89. The Morgan fingerprint density at radius 3 is 2.60 bits per heavy atom. The number of rotatable bonds is 3. The van der Waals surface area contributed by atoms with Crippen LogP contribution in [-0.2, 0) is 7.05 Å². The smallest absolute Gasteiger partial charge is 0.280 e. The van der Waals surface area contributed by atoms with Crippen LogP contribution in [0.4, 0.5) is 8.78 Å². The molecule has 1 aliphatic rings. The molecule has 0 aliphatic carbocycles. The van der Waals surface area contributed by atoms with Gasteiger partial charge < -0.3 is 9.47 Å². The van der Waals surface area contributed by atoms with Crippen molar-refractivity contribution in [3.05, 3.63) is 66.4 Å². The maximum absolute atomic E-state index is 12.4. The Labute approximate surface area is 171 Å². The first kappa shape index (κ1) is 19.7. The Kier molecular flexibility index (Phi) is 5.51. The van der Waals surface area contributed by atoms with Gasteiger partial charge >= 0.3 is 0 Å². The number of carbonyl (C=O) groups is 1. The van der Waals surface area contributed by atoms with Crippen LogP contribution in [0.1, 0.15) is 29.0 Å². The second-order valence-electron chi connectivity index (χ2n) is 6.89. The third kappa shape index (κ3) is 3.91. The summed E-state index contributed by atoms with van der Waals surface area (Å²) in [4.78, 5) is 22.3.